The van der Waals surface area contributed by atoms with E-state index < -0.39 is 6.09 Å². The summed E-state index contributed by atoms with van der Waals surface area (Å²) in [5.41, 5.74) is 5.68. The Kier molecular flexibility index (Phi) is 4.17. The number of methoxy groups -OCH3 is 1. The van der Waals surface area contributed by atoms with Gasteiger partial charge < -0.3 is 20.1 Å². The van der Waals surface area contributed by atoms with Crippen LogP contribution in [0, 0.1) is 0 Å². The second-order valence-corrected chi connectivity index (χ2v) is 4.29. The number of carbonyl (C=O) groups excluding carboxylic acids is 1. The fraction of sp³-hybridized carbons (Fsp3) is 0.231. The first-order valence-electron chi connectivity index (χ1n) is 6.04. The smallest absolute Gasteiger partial charge is 0.409 e. The number of aromatic nitrogens is 3. The maximum atomic E-state index is 10.7. The number of anilines is 1. The van der Waals surface area contributed by atoms with Crippen molar-refractivity contribution in [3.63, 3.8) is 0 Å². The Balaban J connectivity index is 2.36. The van der Waals surface area contributed by atoms with E-state index in [0.29, 0.717) is 17.5 Å². The summed E-state index contributed by atoms with van der Waals surface area (Å²) in [6.45, 7) is 0. The molecule has 1 heterocycles. The first kappa shape index (κ1) is 14.5. The van der Waals surface area contributed by atoms with Crippen molar-refractivity contribution in [3.05, 3.63) is 24.3 Å². The molecule has 0 aliphatic carbocycles. The SMILES string of the molecule is COc1nc(-c2ccc(OC(N)=O)cc2)nc(N(C)C)n1. The van der Waals surface area contributed by atoms with Gasteiger partial charge in [0.05, 0.1) is 7.11 Å². The molecule has 0 aliphatic rings. The van der Waals surface area contributed by atoms with Crippen LogP contribution in [0.2, 0.25) is 0 Å². The van der Waals surface area contributed by atoms with Crippen molar-refractivity contribution in [2.75, 3.05) is 26.1 Å². The number of benzene rings is 1. The Bertz CT molecular complexity index is 643. The molecule has 0 radical (unpaired) electrons. The van der Waals surface area contributed by atoms with Crippen molar-refractivity contribution < 1.29 is 14.3 Å². The Morgan fingerprint density at radius 2 is 1.81 bits per heavy atom. The molecule has 0 saturated heterocycles. The first-order valence-corrected chi connectivity index (χ1v) is 6.04. The second-order valence-electron chi connectivity index (χ2n) is 4.29. The van der Waals surface area contributed by atoms with Gasteiger partial charge in [0.2, 0.25) is 5.95 Å². The molecule has 2 rings (SSSR count). The van der Waals surface area contributed by atoms with Crippen molar-refractivity contribution in [3.8, 4) is 23.1 Å². The van der Waals surface area contributed by atoms with Gasteiger partial charge in [0.1, 0.15) is 5.75 Å². The monoisotopic (exact) mass is 289 g/mol. The molecule has 1 aromatic heterocycles. The quantitative estimate of drug-likeness (QED) is 0.897. The van der Waals surface area contributed by atoms with E-state index in [1.54, 1.807) is 29.2 Å². The van der Waals surface area contributed by atoms with E-state index >= 15 is 0 Å². The molecular weight excluding hydrogens is 274 g/mol. The number of nitrogens with two attached hydrogens (primary N) is 1. The summed E-state index contributed by atoms with van der Waals surface area (Å²) in [4.78, 5) is 25.1. The lowest BCUT2D eigenvalue weighted by Gasteiger charge is -2.12. The van der Waals surface area contributed by atoms with E-state index in [9.17, 15) is 4.79 Å². The van der Waals surface area contributed by atoms with Crippen molar-refractivity contribution in [1.29, 1.82) is 0 Å². The molecule has 1 amide bonds. The number of primary amides is 1. The number of nitrogens with zero attached hydrogens (tertiary/aromatic N) is 4. The van der Waals surface area contributed by atoms with Gasteiger partial charge in [-0.15, -0.1) is 0 Å². The lowest BCUT2D eigenvalue weighted by Crippen LogP contribution is -2.16. The Hall–Kier alpha value is -2.90. The van der Waals surface area contributed by atoms with Crippen LogP contribution in [0.3, 0.4) is 0 Å². The third kappa shape index (κ3) is 3.56. The van der Waals surface area contributed by atoms with Crippen molar-refractivity contribution in [1.82, 2.24) is 15.0 Å². The zero-order chi connectivity index (χ0) is 15.4. The molecule has 0 saturated carbocycles. The predicted molar refractivity (Wildman–Crippen MR) is 76.4 cm³/mol. The van der Waals surface area contributed by atoms with Gasteiger partial charge >= 0.3 is 12.1 Å². The first-order chi connectivity index (χ1) is 9.99. The number of ether oxygens (including phenoxy) is 2. The molecule has 0 bridgehead atoms. The minimum absolute atomic E-state index is 0.223. The summed E-state index contributed by atoms with van der Waals surface area (Å²) in [6, 6.07) is 6.86. The summed E-state index contributed by atoms with van der Waals surface area (Å²) in [7, 11) is 5.13. The molecule has 2 aromatic rings. The van der Waals surface area contributed by atoms with Crippen LogP contribution in [0.4, 0.5) is 10.7 Å². The van der Waals surface area contributed by atoms with Crippen LogP contribution in [0.5, 0.6) is 11.8 Å². The minimum Gasteiger partial charge on any atom is -0.467 e. The standard InChI is InChI=1S/C13H15N5O3/c1-18(2)12-15-10(16-13(17-12)20-3)8-4-6-9(7-5-8)21-11(14)19/h4-7H,1-3H3,(H2,14,19). The molecule has 21 heavy (non-hydrogen) atoms. The maximum Gasteiger partial charge on any atom is 0.409 e. The van der Waals surface area contributed by atoms with E-state index in [0.717, 1.165) is 5.56 Å². The Morgan fingerprint density at radius 3 is 2.33 bits per heavy atom. The van der Waals surface area contributed by atoms with E-state index in [1.807, 2.05) is 14.1 Å². The number of hydrogen-bond acceptors (Lipinski definition) is 7. The lowest BCUT2D eigenvalue weighted by molar-refractivity contribution is 0.211. The Morgan fingerprint density at radius 1 is 1.14 bits per heavy atom. The lowest BCUT2D eigenvalue weighted by atomic mass is 10.2. The largest absolute Gasteiger partial charge is 0.467 e. The van der Waals surface area contributed by atoms with Gasteiger partial charge in [-0.05, 0) is 24.3 Å². The maximum absolute atomic E-state index is 10.7. The molecule has 0 spiro atoms. The van der Waals surface area contributed by atoms with Gasteiger partial charge in [-0.2, -0.15) is 15.0 Å². The van der Waals surface area contributed by atoms with Crippen LogP contribution in [0.15, 0.2) is 24.3 Å². The molecule has 0 aliphatic heterocycles. The van der Waals surface area contributed by atoms with Gasteiger partial charge in [-0.25, -0.2) is 4.79 Å². The van der Waals surface area contributed by atoms with Gasteiger partial charge in [0.25, 0.3) is 0 Å². The van der Waals surface area contributed by atoms with E-state index in [2.05, 4.69) is 15.0 Å². The predicted octanol–water partition coefficient (Wildman–Crippen LogP) is 1.07. The zero-order valence-corrected chi connectivity index (χ0v) is 11.9. The molecule has 1 aromatic carbocycles. The third-order valence-electron chi connectivity index (χ3n) is 2.52. The minimum atomic E-state index is -0.862. The highest BCUT2D eigenvalue weighted by Crippen LogP contribution is 2.22. The highest BCUT2D eigenvalue weighted by molar-refractivity contribution is 5.68. The number of amides is 1. The van der Waals surface area contributed by atoms with Crippen LogP contribution in [0.1, 0.15) is 0 Å². The van der Waals surface area contributed by atoms with Crippen LogP contribution < -0.4 is 20.1 Å². The van der Waals surface area contributed by atoms with Crippen LogP contribution in [-0.4, -0.2) is 42.3 Å². The molecule has 110 valence electrons. The zero-order valence-electron chi connectivity index (χ0n) is 11.9. The summed E-state index contributed by atoms with van der Waals surface area (Å²) in [6.07, 6.45) is -0.862. The fourth-order valence-electron chi connectivity index (χ4n) is 1.55. The van der Waals surface area contributed by atoms with Crippen LogP contribution >= 0.6 is 0 Å². The fourth-order valence-corrected chi connectivity index (χ4v) is 1.55. The molecule has 2 N–H and O–H groups in total. The summed E-state index contributed by atoms with van der Waals surface area (Å²) >= 11 is 0. The average molecular weight is 289 g/mol. The summed E-state index contributed by atoms with van der Waals surface area (Å²) in [5, 5.41) is 0. The Labute approximate surface area is 121 Å². The topological polar surface area (TPSA) is 103 Å². The van der Waals surface area contributed by atoms with Crippen LogP contribution in [-0.2, 0) is 0 Å². The second kappa shape index (κ2) is 6.04. The molecule has 0 fully saturated rings. The van der Waals surface area contributed by atoms with Crippen molar-refractivity contribution in [2.24, 2.45) is 5.73 Å². The number of carbonyl (C=O) groups is 1. The van der Waals surface area contributed by atoms with Gasteiger partial charge in [0, 0.05) is 19.7 Å². The van der Waals surface area contributed by atoms with Crippen molar-refractivity contribution >= 4 is 12.0 Å². The van der Waals surface area contributed by atoms with Gasteiger partial charge in [-0.1, -0.05) is 0 Å². The number of rotatable bonds is 4. The van der Waals surface area contributed by atoms with Gasteiger partial charge in [-0.3, -0.25) is 0 Å². The molecule has 0 unspecified atom stereocenters. The van der Waals surface area contributed by atoms with Crippen molar-refractivity contribution in [2.45, 2.75) is 0 Å². The third-order valence-corrected chi connectivity index (χ3v) is 2.52. The summed E-state index contributed by atoms with van der Waals surface area (Å²) in [5.74, 6) is 1.28. The van der Waals surface area contributed by atoms with E-state index in [1.165, 1.54) is 7.11 Å². The summed E-state index contributed by atoms with van der Waals surface area (Å²) < 4.78 is 9.83. The molecular formula is C13H15N5O3. The van der Waals surface area contributed by atoms with Crippen LogP contribution in [0.25, 0.3) is 11.4 Å². The average Bonchev–Trinajstić information content (AvgIpc) is 2.46. The van der Waals surface area contributed by atoms with Gasteiger partial charge in [0.15, 0.2) is 5.82 Å². The van der Waals surface area contributed by atoms with E-state index in [-0.39, 0.29) is 6.01 Å². The highest BCUT2D eigenvalue weighted by Gasteiger charge is 2.10. The highest BCUT2D eigenvalue weighted by atomic mass is 16.5. The normalized spacial score (nSPS) is 10.0. The number of hydrogen-bond donors (Lipinski definition) is 1. The molecule has 8 nitrogen and oxygen atoms in total. The molecule has 8 heteroatoms. The van der Waals surface area contributed by atoms with E-state index in [4.69, 9.17) is 15.2 Å². The molecule has 0 atom stereocenters.